The number of aryl methyl sites for hydroxylation is 2. The van der Waals surface area contributed by atoms with Crippen molar-refractivity contribution in [3.63, 3.8) is 0 Å². The number of ether oxygens (including phenoxy) is 1. The van der Waals surface area contributed by atoms with Gasteiger partial charge in [0, 0.05) is 23.3 Å². The van der Waals surface area contributed by atoms with Crippen LogP contribution in [0.3, 0.4) is 0 Å². The Morgan fingerprint density at radius 3 is 2.52 bits per heavy atom. The third kappa shape index (κ3) is 4.66. The average Bonchev–Trinajstić information content (AvgIpc) is 3.27. The summed E-state index contributed by atoms with van der Waals surface area (Å²) < 4.78 is 9.30. The summed E-state index contributed by atoms with van der Waals surface area (Å²) in [5.74, 6) is 8.84. The van der Waals surface area contributed by atoms with Gasteiger partial charge in [-0.25, -0.2) is 14.6 Å². The summed E-state index contributed by atoms with van der Waals surface area (Å²) in [5.41, 5.74) is 4.33. The number of rotatable bonds is 6. The minimum Gasteiger partial charge on any atom is -0.486 e. The molecule has 3 aromatic heterocycles. The number of benzene rings is 1. The van der Waals surface area contributed by atoms with Gasteiger partial charge in [-0.1, -0.05) is 44.7 Å². The molecule has 0 radical (unpaired) electrons. The molecule has 1 aromatic carbocycles. The van der Waals surface area contributed by atoms with Gasteiger partial charge in [0.05, 0.1) is 5.69 Å². The van der Waals surface area contributed by atoms with Gasteiger partial charge in [-0.3, -0.25) is 4.40 Å². The number of hydrogen-bond acceptors (Lipinski definition) is 7. The maximum atomic E-state index is 6.18. The molecule has 8 nitrogen and oxygen atoms in total. The summed E-state index contributed by atoms with van der Waals surface area (Å²) in [6, 6.07) is 10.1. The van der Waals surface area contributed by atoms with E-state index >= 15 is 0 Å². The van der Waals surface area contributed by atoms with Gasteiger partial charge in [0.2, 0.25) is 10.9 Å². The van der Waals surface area contributed by atoms with Crippen LogP contribution in [0, 0.1) is 13.8 Å². The van der Waals surface area contributed by atoms with E-state index in [-0.39, 0.29) is 12.0 Å². The summed E-state index contributed by atoms with van der Waals surface area (Å²) in [5, 5.41) is 8.98. The zero-order valence-corrected chi connectivity index (χ0v) is 19.3. The first-order valence-electron chi connectivity index (χ1n) is 10.1. The topological polar surface area (TPSA) is 96.2 Å². The van der Waals surface area contributed by atoms with Crippen molar-refractivity contribution >= 4 is 17.5 Å². The molecule has 9 heteroatoms. The first-order valence-corrected chi connectivity index (χ1v) is 11.1. The fourth-order valence-electron chi connectivity index (χ4n) is 3.23. The zero-order valence-electron chi connectivity index (χ0n) is 18.5. The van der Waals surface area contributed by atoms with Crippen molar-refractivity contribution < 1.29 is 4.74 Å². The summed E-state index contributed by atoms with van der Waals surface area (Å²) in [7, 11) is 0. The number of fused-ring (bicyclic) bond motifs is 1. The van der Waals surface area contributed by atoms with E-state index in [1.807, 2.05) is 42.6 Å². The molecular formula is C22H27N7OS. The molecule has 0 aliphatic carbocycles. The van der Waals surface area contributed by atoms with E-state index in [9.17, 15) is 0 Å². The van der Waals surface area contributed by atoms with E-state index in [1.54, 1.807) is 0 Å². The fourth-order valence-corrected chi connectivity index (χ4v) is 3.99. The van der Waals surface area contributed by atoms with Crippen LogP contribution in [0.1, 0.15) is 49.2 Å². The van der Waals surface area contributed by atoms with Gasteiger partial charge < -0.3 is 10.6 Å². The molecule has 162 valence electrons. The van der Waals surface area contributed by atoms with Gasteiger partial charge in [0.1, 0.15) is 12.4 Å². The second-order valence-corrected chi connectivity index (χ2v) is 9.50. The van der Waals surface area contributed by atoms with E-state index < -0.39 is 0 Å². The highest BCUT2D eigenvalue weighted by atomic mass is 32.2. The van der Waals surface area contributed by atoms with E-state index in [1.165, 1.54) is 22.0 Å². The summed E-state index contributed by atoms with van der Waals surface area (Å²) in [6.45, 7) is 10.8. The third-order valence-electron chi connectivity index (χ3n) is 4.98. The maximum absolute atomic E-state index is 6.18. The molecule has 0 amide bonds. The van der Waals surface area contributed by atoms with Crippen LogP contribution in [0.5, 0.6) is 5.75 Å². The van der Waals surface area contributed by atoms with Crippen LogP contribution >= 0.6 is 11.8 Å². The lowest BCUT2D eigenvalue weighted by atomic mass is 9.87. The van der Waals surface area contributed by atoms with Crippen molar-refractivity contribution in [1.29, 1.82) is 0 Å². The minimum absolute atomic E-state index is 0.108. The van der Waals surface area contributed by atoms with Crippen LogP contribution in [-0.2, 0) is 17.8 Å². The Bertz CT molecular complexity index is 1210. The monoisotopic (exact) mass is 437 g/mol. The predicted molar refractivity (Wildman–Crippen MR) is 122 cm³/mol. The maximum Gasteiger partial charge on any atom is 0.234 e. The van der Waals surface area contributed by atoms with Crippen LogP contribution in [0.25, 0.3) is 5.78 Å². The smallest absolute Gasteiger partial charge is 0.234 e. The van der Waals surface area contributed by atoms with Crippen molar-refractivity contribution in [1.82, 2.24) is 29.2 Å². The number of imidazole rings is 1. The standard InChI is InChI=1S/C22H27N7OS/c1-14-10-15(2)28-11-17(25-20(28)24-14)13-31-21-27-26-19(29(21)23)12-30-18-8-6-16(7-9-18)22(3,4)5/h6-11H,12-13,23H2,1-5H3. The zero-order chi connectivity index (χ0) is 22.2. The highest BCUT2D eigenvalue weighted by Gasteiger charge is 2.15. The van der Waals surface area contributed by atoms with E-state index in [0.29, 0.717) is 22.5 Å². The number of aromatic nitrogens is 6. The van der Waals surface area contributed by atoms with Crippen molar-refractivity contribution in [2.45, 2.75) is 57.5 Å². The quantitative estimate of drug-likeness (QED) is 0.362. The normalized spacial score (nSPS) is 11.9. The SMILES string of the molecule is Cc1cc(C)n2cc(CSc3nnc(COc4ccc(C(C)(C)C)cc4)n3N)nc2n1. The van der Waals surface area contributed by atoms with Crippen molar-refractivity contribution in [3.8, 4) is 5.75 Å². The second kappa shape index (κ2) is 8.22. The molecular weight excluding hydrogens is 410 g/mol. The molecule has 0 saturated carbocycles. The molecule has 0 spiro atoms. The Morgan fingerprint density at radius 1 is 1.06 bits per heavy atom. The van der Waals surface area contributed by atoms with Gasteiger partial charge in [0.25, 0.3) is 0 Å². The Balaban J connectivity index is 1.39. The molecule has 0 saturated heterocycles. The lowest BCUT2D eigenvalue weighted by Crippen LogP contribution is -2.16. The van der Waals surface area contributed by atoms with Gasteiger partial charge >= 0.3 is 0 Å². The van der Waals surface area contributed by atoms with Crippen LogP contribution in [0.4, 0.5) is 0 Å². The van der Waals surface area contributed by atoms with Gasteiger partial charge in [-0.2, -0.15) is 0 Å². The number of thioether (sulfide) groups is 1. The van der Waals surface area contributed by atoms with E-state index in [4.69, 9.17) is 10.6 Å². The van der Waals surface area contributed by atoms with E-state index in [0.717, 1.165) is 22.8 Å². The van der Waals surface area contributed by atoms with Crippen LogP contribution in [0.15, 0.2) is 41.7 Å². The average molecular weight is 438 g/mol. The van der Waals surface area contributed by atoms with Crippen molar-refractivity contribution in [2.75, 3.05) is 5.84 Å². The van der Waals surface area contributed by atoms with E-state index in [2.05, 4.69) is 53.1 Å². The fraction of sp³-hybridized carbons (Fsp3) is 0.364. The summed E-state index contributed by atoms with van der Waals surface area (Å²) in [4.78, 5) is 9.07. The highest BCUT2D eigenvalue weighted by molar-refractivity contribution is 7.98. The molecule has 0 unspecified atom stereocenters. The van der Waals surface area contributed by atoms with Crippen LogP contribution in [-0.4, -0.2) is 29.2 Å². The molecule has 0 atom stereocenters. The Hall–Kier alpha value is -3.07. The van der Waals surface area contributed by atoms with Crippen molar-refractivity contribution in [2.24, 2.45) is 0 Å². The molecule has 2 N–H and O–H groups in total. The second-order valence-electron chi connectivity index (χ2n) is 8.56. The molecule has 4 aromatic rings. The first kappa shape index (κ1) is 21.2. The predicted octanol–water partition coefficient (Wildman–Crippen LogP) is 3.82. The first-order chi connectivity index (χ1) is 14.7. The molecule has 4 rings (SSSR count). The Labute approximate surface area is 185 Å². The molecule has 0 bridgehead atoms. The third-order valence-corrected chi connectivity index (χ3v) is 5.96. The highest BCUT2D eigenvalue weighted by Crippen LogP contribution is 2.25. The van der Waals surface area contributed by atoms with Crippen molar-refractivity contribution in [3.05, 3.63) is 65.0 Å². The summed E-state index contributed by atoms with van der Waals surface area (Å²) in [6.07, 6.45) is 1.99. The largest absolute Gasteiger partial charge is 0.486 e. The van der Waals surface area contributed by atoms with Crippen LogP contribution in [0.2, 0.25) is 0 Å². The van der Waals surface area contributed by atoms with Gasteiger partial charge in [-0.05, 0) is 43.0 Å². The lowest BCUT2D eigenvalue weighted by Gasteiger charge is -2.19. The number of nitrogens with zero attached hydrogens (tertiary/aromatic N) is 6. The molecule has 3 heterocycles. The number of nitrogens with two attached hydrogens (primary N) is 1. The molecule has 0 fully saturated rings. The Kier molecular flexibility index (Phi) is 5.62. The molecule has 31 heavy (non-hydrogen) atoms. The molecule has 0 aliphatic heterocycles. The van der Waals surface area contributed by atoms with Gasteiger partial charge in [0.15, 0.2) is 5.82 Å². The number of nitrogen functional groups attached to an aromatic ring is 1. The van der Waals surface area contributed by atoms with Crippen LogP contribution < -0.4 is 10.6 Å². The number of hydrogen-bond donors (Lipinski definition) is 1. The lowest BCUT2D eigenvalue weighted by molar-refractivity contribution is 0.291. The summed E-state index contributed by atoms with van der Waals surface area (Å²) >= 11 is 1.48. The molecule has 0 aliphatic rings. The van der Waals surface area contributed by atoms with Gasteiger partial charge in [-0.15, -0.1) is 10.2 Å². The Morgan fingerprint density at radius 2 is 1.81 bits per heavy atom. The minimum atomic E-state index is 0.108.